The molecule has 0 radical (unpaired) electrons. The molecule has 0 aliphatic heterocycles. The molecular weight excluding hydrogens is 151 g/mol. The van der Waals surface area contributed by atoms with E-state index < -0.39 is 0 Å². The van der Waals surface area contributed by atoms with Crippen LogP contribution in [-0.2, 0) is 9.09 Å². The summed E-state index contributed by atoms with van der Waals surface area (Å²) in [6.07, 6.45) is 0.363. The van der Waals surface area contributed by atoms with Crippen LogP contribution in [0.3, 0.4) is 0 Å². The molecule has 0 fully saturated rings. The van der Waals surface area contributed by atoms with Crippen molar-refractivity contribution in [3.63, 3.8) is 0 Å². The van der Waals surface area contributed by atoms with E-state index in [-0.39, 0.29) is 20.7 Å². The normalized spacial score (nSPS) is 17.1. The van der Waals surface area contributed by atoms with Gasteiger partial charge in [-0.2, -0.15) is 0 Å². The third-order valence-electron chi connectivity index (χ3n) is 1.47. The van der Waals surface area contributed by atoms with Gasteiger partial charge in [0.25, 0.3) is 0 Å². The molecule has 10 heavy (non-hydrogen) atoms. The predicted molar refractivity (Wildman–Crippen MR) is 39.0 cm³/mol. The molecular formula is C6H13O3P. The van der Waals surface area contributed by atoms with Crippen LogP contribution in [0.15, 0.2) is 0 Å². The molecule has 0 aromatic heterocycles. The first-order valence-corrected chi connectivity index (χ1v) is 4.08. The van der Waals surface area contributed by atoms with Crippen molar-refractivity contribution in [3.8, 4) is 0 Å². The van der Waals surface area contributed by atoms with Crippen LogP contribution in [0.2, 0.25) is 0 Å². The summed E-state index contributed by atoms with van der Waals surface area (Å²) < 4.78 is 14.4. The van der Waals surface area contributed by atoms with E-state index in [1.807, 2.05) is 13.8 Å². The van der Waals surface area contributed by atoms with Crippen LogP contribution in [0, 0.1) is 5.92 Å². The smallest absolute Gasteiger partial charge is 0.327 e. The minimum absolute atomic E-state index is 0.0615. The first-order valence-electron chi connectivity index (χ1n) is 3.35. The molecule has 0 aromatic rings. The molecule has 2 unspecified atom stereocenters. The maximum Gasteiger partial charge on any atom is 0.327 e. The molecule has 60 valence electrons. The van der Waals surface area contributed by atoms with E-state index in [1.54, 1.807) is 0 Å². The molecule has 0 heterocycles. The van der Waals surface area contributed by atoms with Crippen molar-refractivity contribution in [1.29, 1.82) is 0 Å². The summed E-state index contributed by atoms with van der Waals surface area (Å²) in [6.45, 7) is 4.11. The molecule has 0 saturated carbocycles. The van der Waals surface area contributed by atoms with Gasteiger partial charge in [-0.3, -0.25) is 4.52 Å². The summed E-state index contributed by atoms with van der Waals surface area (Å²) in [5, 5.41) is 9.17. The zero-order valence-corrected chi connectivity index (χ0v) is 7.17. The third kappa shape index (κ3) is 3.94. The quantitative estimate of drug-likeness (QED) is 0.628. The topological polar surface area (TPSA) is 46.5 Å². The van der Waals surface area contributed by atoms with Crippen LogP contribution < -0.4 is 0 Å². The number of aliphatic hydroxyl groups is 1. The maximum absolute atomic E-state index is 9.81. The van der Waals surface area contributed by atoms with Crippen LogP contribution in [0.1, 0.15) is 20.3 Å². The Kier molecular flexibility index (Phi) is 5.79. The van der Waals surface area contributed by atoms with Crippen molar-refractivity contribution >= 4 is 8.69 Å². The molecule has 1 N–H and O–H groups in total. The highest BCUT2D eigenvalue weighted by Crippen LogP contribution is 2.09. The fourth-order valence-electron chi connectivity index (χ4n) is 0.661. The number of rotatable bonds is 5. The molecule has 0 aliphatic carbocycles. The van der Waals surface area contributed by atoms with Gasteiger partial charge in [0.2, 0.25) is 0 Å². The van der Waals surface area contributed by atoms with Gasteiger partial charge in [-0.15, -0.1) is 0 Å². The van der Waals surface area contributed by atoms with Crippen molar-refractivity contribution < 1.29 is 14.2 Å². The fourth-order valence-corrected chi connectivity index (χ4v) is 0.957. The fraction of sp³-hybridized carbons (Fsp3) is 1.00. The predicted octanol–water partition coefficient (Wildman–Crippen LogP) is 1.62. The minimum atomic E-state index is -0.346. The monoisotopic (exact) mass is 164 g/mol. The van der Waals surface area contributed by atoms with Gasteiger partial charge >= 0.3 is 8.69 Å². The summed E-state index contributed by atoms with van der Waals surface area (Å²) >= 11 is 0. The van der Waals surface area contributed by atoms with E-state index in [0.29, 0.717) is 13.0 Å². The lowest BCUT2D eigenvalue weighted by Crippen LogP contribution is -2.19. The van der Waals surface area contributed by atoms with Crippen LogP contribution in [0.4, 0.5) is 0 Å². The zero-order chi connectivity index (χ0) is 7.98. The minimum Gasteiger partial charge on any atom is -0.393 e. The maximum atomic E-state index is 9.81. The first kappa shape index (κ1) is 10.0. The van der Waals surface area contributed by atoms with Crippen LogP contribution >= 0.6 is 8.69 Å². The molecule has 2 atom stereocenters. The Bertz CT molecular complexity index is 97.0. The first-order chi connectivity index (χ1) is 4.72. The molecule has 0 spiro atoms. The van der Waals surface area contributed by atoms with E-state index in [2.05, 4.69) is 4.52 Å². The highest BCUT2D eigenvalue weighted by atomic mass is 31.1. The van der Waals surface area contributed by atoms with Gasteiger partial charge in [-0.05, 0) is 6.42 Å². The van der Waals surface area contributed by atoms with E-state index in [1.165, 1.54) is 0 Å². The Morgan fingerprint density at radius 3 is 2.70 bits per heavy atom. The Hall–Kier alpha value is 0.0200. The Morgan fingerprint density at radius 2 is 2.30 bits per heavy atom. The SMILES string of the molecule is CCC(O)C(C)COP=O. The van der Waals surface area contributed by atoms with Gasteiger partial charge in [0.05, 0.1) is 12.7 Å². The van der Waals surface area contributed by atoms with Crippen molar-refractivity contribution in [1.82, 2.24) is 0 Å². The summed E-state index contributed by atoms with van der Waals surface area (Å²) in [6, 6.07) is 0. The summed E-state index contributed by atoms with van der Waals surface area (Å²) in [5.74, 6) is 0.0615. The lowest BCUT2D eigenvalue weighted by atomic mass is 10.0. The van der Waals surface area contributed by atoms with Crippen molar-refractivity contribution in [2.45, 2.75) is 26.4 Å². The summed E-state index contributed by atoms with van der Waals surface area (Å²) in [4.78, 5) is 0. The summed E-state index contributed by atoms with van der Waals surface area (Å²) in [7, 11) is -0.310. The number of aliphatic hydroxyl groups excluding tert-OH is 1. The third-order valence-corrected chi connectivity index (χ3v) is 1.72. The lowest BCUT2D eigenvalue weighted by Gasteiger charge is -2.14. The average molecular weight is 164 g/mol. The Balaban J connectivity index is 3.40. The van der Waals surface area contributed by atoms with Crippen molar-refractivity contribution in [2.24, 2.45) is 5.92 Å². The van der Waals surface area contributed by atoms with E-state index >= 15 is 0 Å². The van der Waals surface area contributed by atoms with Gasteiger partial charge in [0.1, 0.15) is 0 Å². The molecule has 3 nitrogen and oxygen atoms in total. The molecule has 0 bridgehead atoms. The Morgan fingerprint density at radius 1 is 1.70 bits per heavy atom. The molecule has 0 aliphatic rings. The molecule has 0 rings (SSSR count). The van der Waals surface area contributed by atoms with Crippen molar-refractivity contribution in [2.75, 3.05) is 6.61 Å². The molecule has 0 saturated heterocycles. The van der Waals surface area contributed by atoms with E-state index in [0.717, 1.165) is 0 Å². The molecule has 4 heteroatoms. The second kappa shape index (κ2) is 5.78. The van der Waals surface area contributed by atoms with E-state index in [4.69, 9.17) is 5.11 Å². The standard InChI is InChI=1S/C6H13O3P/c1-3-6(7)5(2)4-9-10-8/h5-7H,3-4H2,1-2H3. The van der Waals surface area contributed by atoms with Gasteiger partial charge in [-0.1, -0.05) is 13.8 Å². The second-order valence-electron chi connectivity index (χ2n) is 2.32. The van der Waals surface area contributed by atoms with Gasteiger partial charge < -0.3 is 5.11 Å². The lowest BCUT2D eigenvalue weighted by molar-refractivity contribution is 0.0851. The average Bonchev–Trinajstić information content (AvgIpc) is 1.98. The highest BCUT2D eigenvalue weighted by Gasteiger charge is 2.11. The molecule has 0 aromatic carbocycles. The number of hydrogen-bond acceptors (Lipinski definition) is 3. The van der Waals surface area contributed by atoms with Crippen molar-refractivity contribution in [3.05, 3.63) is 0 Å². The molecule has 0 amide bonds. The zero-order valence-electron chi connectivity index (χ0n) is 6.28. The van der Waals surface area contributed by atoms with Crippen LogP contribution in [0.25, 0.3) is 0 Å². The largest absolute Gasteiger partial charge is 0.393 e. The number of hydrogen-bond donors (Lipinski definition) is 1. The van der Waals surface area contributed by atoms with E-state index in [9.17, 15) is 4.57 Å². The van der Waals surface area contributed by atoms with Gasteiger partial charge in [-0.25, -0.2) is 4.57 Å². The van der Waals surface area contributed by atoms with Crippen LogP contribution in [-0.4, -0.2) is 17.8 Å². The Labute approximate surface area is 62.7 Å². The van der Waals surface area contributed by atoms with Gasteiger partial charge in [0.15, 0.2) is 0 Å². The van der Waals surface area contributed by atoms with Gasteiger partial charge in [0, 0.05) is 5.92 Å². The second-order valence-corrected chi connectivity index (χ2v) is 2.73. The summed E-state index contributed by atoms with van der Waals surface area (Å²) in [5.41, 5.74) is 0. The van der Waals surface area contributed by atoms with Crippen LogP contribution in [0.5, 0.6) is 0 Å². The highest BCUT2D eigenvalue weighted by molar-refractivity contribution is 7.17.